The SMILES string of the molecule is CCN(Cc1ccco1)C(CN)CC1CCCCC1. The van der Waals surface area contributed by atoms with Crippen molar-refractivity contribution in [3.8, 4) is 0 Å². The lowest BCUT2D eigenvalue weighted by Gasteiger charge is -2.33. The summed E-state index contributed by atoms with van der Waals surface area (Å²) in [4.78, 5) is 2.47. The van der Waals surface area contributed by atoms with Gasteiger partial charge in [0.25, 0.3) is 0 Å². The smallest absolute Gasteiger partial charge is 0.117 e. The molecule has 1 aliphatic carbocycles. The summed E-state index contributed by atoms with van der Waals surface area (Å²) >= 11 is 0. The number of hydrogen-bond donors (Lipinski definition) is 1. The third-order valence-electron chi connectivity index (χ3n) is 4.46. The molecule has 2 rings (SSSR count). The fourth-order valence-corrected chi connectivity index (χ4v) is 3.30. The van der Waals surface area contributed by atoms with Crippen LogP contribution in [-0.4, -0.2) is 24.0 Å². The van der Waals surface area contributed by atoms with Crippen molar-refractivity contribution in [3.63, 3.8) is 0 Å². The van der Waals surface area contributed by atoms with Crippen molar-refractivity contribution < 1.29 is 4.42 Å². The summed E-state index contributed by atoms with van der Waals surface area (Å²) in [6.07, 6.45) is 10.0. The predicted octanol–water partition coefficient (Wildman–Crippen LogP) is 3.40. The first kappa shape index (κ1) is 14.6. The van der Waals surface area contributed by atoms with E-state index in [-0.39, 0.29) is 0 Å². The number of nitrogens with two attached hydrogens (primary N) is 1. The van der Waals surface area contributed by atoms with Crippen LogP contribution < -0.4 is 5.73 Å². The molecule has 1 atom stereocenters. The second kappa shape index (κ2) is 7.71. The van der Waals surface area contributed by atoms with Gasteiger partial charge in [-0.3, -0.25) is 4.90 Å². The maximum Gasteiger partial charge on any atom is 0.117 e. The Hall–Kier alpha value is -0.800. The maximum absolute atomic E-state index is 6.02. The number of furan rings is 1. The number of likely N-dealkylation sites (N-methyl/N-ethyl adjacent to an activating group) is 1. The summed E-state index contributed by atoms with van der Waals surface area (Å²) in [5, 5.41) is 0. The highest BCUT2D eigenvalue weighted by molar-refractivity contribution is 4.98. The van der Waals surface area contributed by atoms with Gasteiger partial charge in [0, 0.05) is 12.6 Å². The Morgan fingerprint density at radius 1 is 1.37 bits per heavy atom. The van der Waals surface area contributed by atoms with Crippen LogP contribution in [0.3, 0.4) is 0 Å². The lowest BCUT2D eigenvalue weighted by atomic mass is 9.84. The molecule has 0 aliphatic heterocycles. The Bertz CT molecular complexity index is 331. The van der Waals surface area contributed by atoms with Crippen LogP contribution in [0.15, 0.2) is 22.8 Å². The number of rotatable bonds is 7. The normalized spacial score (nSPS) is 18.9. The Morgan fingerprint density at radius 3 is 2.74 bits per heavy atom. The average Bonchev–Trinajstić information content (AvgIpc) is 2.96. The van der Waals surface area contributed by atoms with E-state index < -0.39 is 0 Å². The van der Waals surface area contributed by atoms with Gasteiger partial charge in [0.2, 0.25) is 0 Å². The first-order valence-electron chi connectivity index (χ1n) is 7.80. The van der Waals surface area contributed by atoms with Crippen molar-refractivity contribution in [3.05, 3.63) is 24.2 Å². The van der Waals surface area contributed by atoms with Crippen molar-refractivity contribution >= 4 is 0 Å². The zero-order valence-corrected chi connectivity index (χ0v) is 12.2. The third-order valence-corrected chi connectivity index (χ3v) is 4.46. The standard InChI is InChI=1S/C16H28N2O/c1-2-18(13-16-9-6-10-19-16)15(12-17)11-14-7-4-3-5-8-14/h6,9-10,14-15H,2-5,7-8,11-13,17H2,1H3. The van der Waals surface area contributed by atoms with Gasteiger partial charge in [-0.2, -0.15) is 0 Å². The summed E-state index contributed by atoms with van der Waals surface area (Å²) in [7, 11) is 0. The van der Waals surface area contributed by atoms with Gasteiger partial charge < -0.3 is 10.2 Å². The van der Waals surface area contributed by atoms with E-state index in [9.17, 15) is 0 Å². The topological polar surface area (TPSA) is 42.4 Å². The molecule has 0 radical (unpaired) electrons. The van der Waals surface area contributed by atoms with E-state index in [1.54, 1.807) is 6.26 Å². The molecule has 108 valence electrons. The van der Waals surface area contributed by atoms with Gasteiger partial charge in [0.1, 0.15) is 5.76 Å². The largest absolute Gasteiger partial charge is 0.468 e. The van der Waals surface area contributed by atoms with Gasteiger partial charge in [0.05, 0.1) is 12.8 Å². The van der Waals surface area contributed by atoms with Crippen molar-refractivity contribution in [2.75, 3.05) is 13.1 Å². The molecule has 1 aliphatic rings. The highest BCUT2D eigenvalue weighted by Gasteiger charge is 2.22. The van der Waals surface area contributed by atoms with Gasteiger partial charge >= 0.3 is 0 Å². The molecule has 3 heteroatoms. The zero-order chi connectivity index (χ0) is 13.5. The van der Waals surface area contributed by atoms with Crippen LogP contribution in [0.1, 0.15) is 51.2 Å². The van der Waals surface area contributed by atoms with Crippen LogP contribution >= 0.6 is 0 Å². The molecule has 1 saturated carbocycles. The molecule has 1 fully saturated rings. The minimum absolute atomic E-state index is 0.498. The van der Waals surface area contributed by atoms with Crippen LogP contribution in [0.4, 0.5) is 0 Å². The molecule has 1 heterocycles. The first-order chi connectivity index (χ1) is 9.33. The van der Waals surface area contributed by atoms with Gasteiger partial charge in [-0.1, -0.05) is 39.0 Å². The summed E-state index contributed by atoms with van der Waals surface area (Å²) in [6, 6.07) is 4.51. The highest BCUT2D eigenvalue weighted by atomic mass is 16.3. The number of hydrogen-bond acceptors (Lipinski definition) is 3. The fourth-order valence-electron chi connectivity index (χ4n) is 3.30. The molecule has 3 nitrogen and oxygen atoms in total. The molecule has 0 bridgehead atoms. The van der Waals surface area contributed by atoms with Crippen LogP contribution in [0.25, 0.3) is 0 Å². The van der Waals surface area contributed by atoms with Crippen LogP contribution in [0.5, 0.6) is 0 Å². The monoisotopic (exact) mass is 264 g/mol. The molecule has 0 saturated heterocycles. The highest BCUT2D eigenvalue weighted by Crippen LogP contribution is 2.28. The van der Waals surface area contributed by atoms with Gasteiger partial charge in [-0.05, 0) is 31.0 Å². The van der Waals surface area contributed by atoms with Crippen LogP contribution in [0, 0.1) is 5.92 Å². The molecule has 0 aromatic carbocycles. The maximum atomic E-state index is 6.02. The summed E-state index contributed by atoms with van der Waals surface area (Å²) in [5.41, 5.74) is 6.02. The Kier molecular flexibility index (Phi) is 5.93. The Labute approximate surface area is 117 Å². The Balaban J connectivity index is 1.89. The van der Waals surface area contributed by atoms with E-state index in [4.69, 9.17) is 10.2 Å². The predicted molar refractivity (Wildman–Crippen MR) is 78.8 cm³/mol. The van der Waals surface area contributed by atoms with Crippen molar-refractivity contribution in [2.24, 2.45) is 11.7 Å². The molecule has 1 unspecified atom stereocenters. The van der Waals surface area contributed by atoms with E-state index in [1.807, 2.05) is 6.07 Å². The molecule has 0 spiro atoms. The quantitative estimate of drug-likeness (QED) is 0.820. The minimum atomic E-state index is 0.498. The van der Waals surface area contributed by atoms with E-state index in [0.29, 0.717) is 6.04 Å². The van der Waals surface area contributed by atoms with Gasteiger partial charge in [-0.15, -0.1) is 0 Å². The summed E-state index contributed by atoms with van der Waals surface area (Å²) < 4.78 is 5.47. The van der Waals surface area contributed by atoms with Crippen molar-refractivity contribution in [1.82, 2.24) is 4.90 Å². The lowest BCUT2D eigenvalue weighted by molar-refractivity contribution is 0.150. The molecular weight excluding hydrogens is 236 g/mol. The number of nitrogens with zero attached hydrogens (tertiary/aromatic N) is 1. The van der Waals surface area contributed by atoms with Crippen LogP contribution in [0.2, 0.25) is 0 Å². The summed E-state index contributed by atoms with van der Waals surface area (Å²) in [5.74, 6) is 1.93. The summed E-state index contributed by atoms with van der Waals surface area (Å²) in [6.45, 7) is 4.89. The molecule has 0 amide bonds. The third kappa shape index (κ3) is 4.36. The van der Waals surface area contributed by atoms with E-state index >= 15 is 0 Å². The van der Waals surface area contributed by atoms with Crippen LogP contribution in [-0.2, 0) is 6.54 Å². The molecule has 1 aromatic rings. The molecule has 19 heavy (non-hydrogen) atoms. The van der Waals surface area contributed by atoms with E-state index in [0.717, 1.165) is 31.3 Å². The second-order valence-electron chi connectivity index (χ2n) is 5.77. The van der Waals surface area contributed by atoms with Gasteiger partial charge in [-0.25, -0.2) is 0 Å². The molecule has 1 aromatic heterocycles. The molecule has 2 N–H and O–H groups in total. The van der Waals surface area contributed by atoms with Crippen molar-refractivity contribution in [2.45, 2.75) is 58.0 Å². The average molecular weight is 264 g/mol. The lowest BCUT2D eigenvalue weighted by Crippen LogP contribution is -2.41. The fraction of sp³-hybridized carbons (Fsp3) is 0.750. The minimum Gasteiger partial charge on any atom is -0.468 e. The zero-order valence-electron chi connectivity index (χ0n) is 12.2. The van der Waals surface area contributed by atoms with E-state index in [1.165, 1.54) is 38.5 Å². The van der Waals surface area contributed by atoms with Crippen molar-refractivity contribution in [1.29, 1.82) is 0 Å². The van der Waals surface area contributed by atoms with E-state index in [2.05, 4.69) is 17.9 Å². The Morgan fingerprint density at radius 2 is 2.16 bits per heavy atom. The van der Waals surface area contributed by atoms with Gasteiger partial charge in [0.15, 0.2) is 0 Å². The second-order valence-corrected chi connectivity index (χ2v) is 5.77. The first-order valence-corrected chi connectivity index (χ1v) is 7.80. The molecular formula is C16H28N2O.